The van der Waals surface area contributed by atoms with Crippen LogP contribution in [0.2, 0.25) is 0 Å². The maximum atomic E-state index is 12.2. The average molecular weight is 271 g/mol. The predicted octanol–water partition coefficient (Wildman–Crippen LogP) is 1.31. The van der Waals surface area contributed by atoms with Gasteiger partial charge in [-0.1, -0.05) is 29.4 Å². The normalized spacial score (nSPS) is 17.6. The van der Waals surface area contributed by atoms with E-state index in [1.165, 1.54) is 11.1 Å². The third kappa shape index (κ3) is 2.72. The second-order valence-electron chi connectivity index (χ2n) is 5.06. The number of aromatic nitrogens is 1. The van der Waals surface area contributed by atoms with Crippen molar-refractivity contribution in [2.24, 2.45) is 0 Å². The van der Waals surface area contributed by atoms with Gasteiger partial charge in [-0.15, -0.1) is 0 Å². The second-order valence-corrected chi connectivity index (χ2v) is 5.06. The van der Waals surface area contributed by atoms with Gasteiger partial charge in [0, 0.05) is 12.6 Å². The van der Waals surface area contributed by atoms with E-state index in [1.54, 1.807) is 0 Å². The first-order valence-corrected chi connectivity index (χ1v) is 6.72. The molecule has 1 aromatic heterocycles. The molecule has 0 unspecified atom stereocenters. The van der Waals surface area contributed by atoms with E-state index in [1.807, 2.05) is 25.1 Å². The molecular formula is C15H17N3O2. The summed E-state index contributed by atoms with van der Waals surface area (Å²) in [6.45, 7) is 2.96. The molecule has 1 aromatic carbocycles. The number of aryl methyl sites for hydroxylation is 1. The Balaban J connectivity index is 1.59. The van der Waals surface area contributed by atoms with Gasteiger partial charge in [-0.05, 0) is 24.5 Å². The molecule has 1 aliphatic heterocycles. The molecule has 2 aromatic rings. The molecule has 0 fully saturated rings. The van der Waals surface area contributed by atoms with Gasteiger partial charge in [-0.2, -0.15) is 0 Å². The van der Waals surface area contributed by atoms with Gasteiger partial charge in [-0.25, -0.2) is 0 Å². The molecule has 0 radical (unpaired) electrons. The van der Waals surface area contributed by atoms with Gasteiger partial charge in [0.2, 0.25) is 5.91 Å². The zero-order chi connectivity index (χ0) is 13.9. The van der Waals surface area contributed by atoms with Crippen molar-refractivity contribution in [3.8, 4) is 0 Å². The SMILES string of the molecule is Cc1cc(CNC(=O)[C@H]2Cc3ccccc3CN2)on1. The number of fused-ring (bicyclic) bond motifs is 1. The highest BCUT2D eigenvalue weighted by atomic mass is 16.5. The summed E-state index contributed by atoms with van der Waals surface area (Å²) in [5.74, 6) is 0.667. The molecule has 1 amide bonds. The zero-order valence-corrected chi connectivity index (χ0v) is 11.3. The van der Waals surface area contributed by atoms with Crippen molar-refractivity contribution >= 4 is 5.91 Å². The molecule has 5 heteroatoms. The maximum absolute atomic E-state index is 12.2. The Bertz CT molecular complexity index is 621. The van der Waals surface area contributed by atoms with Crippen LogP contribution in [0.5, 0.6) is 0 Å². The van der Waals surface area contributed by atoms with Gasteiger partial charge in [0.1, 0.15) is 0 Å². The molecule has 1 aliphatic rings. The summed E-state index contributed by atoms with van der Waals surface area (Å²) < 4.78 is 5.07. The van der Waals surface area contributed by atoms with E-state index in [4.69, 9.17) is 4.52 Å². The molecule has 0 saturated carbocycles. The molecule has 20 heavy (non-hydrogen) atoms. The van der Waals surface area contributed by atoms with Crippen molar-refractivity contribution in [3.63, 3.8) is 0 Å². The van der Waals surface area contributed by atoms with Crippen LogP contribution >= 0.6 is 0 Å². The molecule has 1 atom stereocenters. The number of nitrogens with zero attached hydrogens (tertiary/aromatic N) is 1. The van der Waals surface area contributed by atoms with Gasteiger partial charge in [0.15, 0.2) is 5.76 Å². The number of benzene rings is 1. The smallest absolute Gasteiger partial charge is 0.237 e. The zero-order valence-electron chi connectivity index (χ0n) is 11.3. The fourth-order valence-electron chi connectivity index (χ4n) is 2.44. The van der Waals surface area contributed by atoms with Gasteiger partial charge >= 0.3 is 0 Å². The van der Waals surface area contributed by atoms with Crippen LogP contribution in [0.25, 0.3) is 0 Å². The Kier molecular flexibility index (Phi) is 3.52. The fraction of sp³-hybridized carbons (Fsp3) is 0.333. The highest BCUT2D eigenvalue weighted by molar-refractivity contribution is 5.82. The van der Waals surface area contributed by atoms with E-state index in [9.17, 15) is 4.79 Å². The van der Waals surface area contributed by atoms with E-state index >= 15 is 0 Å². The number of hydrogen-bond acceptors (Lipinski definition) is 4. The first-order valence-electron chi connectivity index (χ1n) is 6.72. The Labute approximate surface area is 117 Å². The molecule has 0 bridgehead atoms. The summed E-state index contributed by atoms with van der Waals surface area (Å²) in [5, 5.41) is 9.93. The summed E-state index contributed by atoms with van der Waals surface area (Å²) in [5.41, 5.74) is 3.32. The molecular weight excluding hydrogens is 254 g/mol. The van der Waals surface area contributed by atoms with Gasteiger partial charge in [0.05, 0.1) is 18.3 Å². The highest BCUT2D eigenvalue weighted by Crippen LogP contribution is 2.16. The summed E-state index contributed by atoms with van der Waals surface area (Å²) in [6, 6.07) is 9.84. The van der Waals surface area contributed by atoms with Crippen molar-refractivity contribution in [3.05, 3.63) is 52.9 Å². The lowest BCUT2D eigenvalue weighted by atomic mass is 9.95. The number of amides is 1. The minimum absolute atomic E-state index is 0.00597. The van der Waals surface area contributed by atoms with E-state index in [-0.39, 0.29) is 11.9 Å². The molecule has 0 spiro atoms. The molecule has 2 N–H and O–H groups in total. The predicted molar refractivity (Wildman–Crippen MR) is 73.9 cm³/mol. The Morgan fingerprint density at radius 1 is 1.45 bits per heavy atom. The van der Waals surface area contributed by atoms with Crippen LogP contribution in [0.1, 0.15) is 22.6 Å². The van der Waals surface area contributed by atoms with Crippen molar-refractivity contribution in [2.75, 3.05) is 0 Å². The monoisotopic (exact) mass is 271 g/mol. The lowest BCUT2D eigenvalue weighted by Gasteiger charge is -2.25. The van der Waals surface area contributed by atoms with Crippen LogP contribution in [-0.2, 0) is 24.3 Å². The maximum Gasteiger partial charge on any atom is 0.237 e. The standard InChI is InChI=1S/C15H17N3O2/c1-10-6-13(20-18-10)9-17-15(19)14-7-11-4-2-3-5-12(11)8-16-14/h2-6,14,16H,7-9H2,1H3,(H,17,19)/t14-/m1/s1. The minimum Gasteiger partial charge on any atom is -0.359 e. The van der Waals surface area contributed by atoms with Crippen LogP contribution in [0.4, 0.5) is 0 Å². The first kappa shape index (κ1) is 12.9. The lowest BCUT2D eigenvalue weighted by Crippen LogP contribution is -2.47. The van der Waals surface area contributed by atoms with E-state index in [0.29, 0.717) is 12.3 Å². The summed E-state index contributed by atoms with van der Waals surface area (Å²) >= 11 is 0. The van der Waals surface area contributed by atoms with Crippen LogP contribution in [0.3, 0.4) is 0 Å². The van der Waals surface area contributed by atoms with Crippen molar-refractivity contribution in [1.29, 1.82) is 0 Å². The van der Waals surface area contributed by atoms with Crippen LogP contribution in [0, 0.1) is 6.92 Å². The largest absolute Gasteiger partial charge is 0.359 e. The Hall–Kier alpha value is -2.14. The molecule has 0 saturated heterocycles. The highest BCUT2D eigenvalue weighted by Gasteiger charge is 2.23. The van der Waals surface area contributed by atoms with Crippen molar-refractivity contribution in [1.82, 2.24) is 15.8 Å². The summed E-state index contributed by atoms with van der Waals surface area (Å²) in [4.78, 5) is 12.2. The number of hydrogen-bond donors (Lipinski definition) is 2. The number of carbonyl (C=O) groups excluding carboxylic acids is 1. The number of carbonyl (C=O) groups is 1. The second kappa shape index (κ2) is 5.46. The van der Waals surface area contributed by atoms with Gasteiger partial charge < -0.3 is 15.2 Å². The molecule has 3 rings (SSSR count). The minimum atomic E-state index is -0.186. The van der Waals surface area contributed by atoms with Crippen molar-refractivity contribution in [2.45, 2.75) is 32.5 Å². The summed E-state index contributed by atoms with van der Waals surface area (Å²) in [7, 11) is 0. The molecule has 104 valence electrons. The topological polar surface area (TPSA) is 67.2 Å². The van der Waals surface area contributed by atoms with Crippen LogP contribution in [0.15, 0.2) is 34.9 Å². The molecule has 0 aliphatic carbocycles. The third-order valence-corrected chi connectivity index (χ3v) is 3.51. The van der Waals surface area contributed by atoms with E-state index in [0.717, 1.165) is 18.7 Å². The lowest BCUT2D eigenvalue weighted by molar-refractivity contribution is -0.123. The third-order valence-electron chi connectivity index (χ3n) is 3.51. The average Bonchev–Trinajstić information content (AvgIpc) is 2.90. The Morgan fingerprint density at radius 2 is 2.25 bits per heavy atom. The quantitative estimate of drug-likeness (QED) is 0.883. The van der Waals surface area contributed by atoms with E-state index in [2.05, 4.69) is 27.9 Å². The first-order chi connectivity index (χ1) is 9.72. The number of nitrogens with one attached hydrogen (secondary N) is 2. The summed E-state index contributed by atoms with van der Waals surface area (Å²) in [6.07, 6.45) is 0.720. The van der Waals surface area contributed by atoms with E-state index < -0.39 is 0 Å². The molecule has 2 heterocycles. The van der Waals surface area contributed by atoms with Gasteiger partial charge in [0.25, 0.3) is 0 Å². The van der Waals surface area contributed by atoms with Crippen LogP contribution < -0.4 is 10.6 Å². The Morgan fingerprint density at radius 3 is 3.00 bits per heavy atom. The van der Waals surface area contributed by atoms with Gasteiger partial charge in [-0.3, -0.25) is 4.79 Å². The van der Waals surface area contributed by atoms with Crippen LogP contribution in [-0.4, -0.2) is 17.1 Å². The van der Waals surface area contributed by atoms with Crippen molar-refractivity contribution < 1.29 is 9.32 Å². The fourth-order valence-corrected chi connectivity index (χ4v) is 2.44. The molecule has 5 nitrogen and oxygen atoms in total. The number of rotatable bonds is 3.